The summed E-state index contributed by atoms with van der Waals surface area (Å²) < 4.78 is 13.6. The Kier molecular flexibility index (Phi) is 7.86. The van der Waals surface area contributed by atoms with Gasteiger partial charge in [0.05, 0.1) is 0 Å². The summed E-state index contributed by atoms with van der Waals surface area (Å²) in [6.45, 7) is 0.484. The number of hydrogen-bond acceptors (Lipinski definition) is 3. The molecule has 3 N–H and O–H groups in total. The number of urea groups is 1. The number of carbonyl (C=O) groups is 2. The van der Waals surface area contributed by atoms with Crippen molar-refractivity contribution < 1.29 is 14.0 Å². The number of carbonyl (C=O) groups excluding carboxylic acids is 2. The summed E-state index contributed by atoms with van der Waals surface area (Å²) in [7, 11) is 0. The van der Waals surface area contributed by atoms with Crippen LogP contribution in [0.3, 0.4) is 0 Å². The Labute approximate surface area is 179 Å². The standard InChI is InChI=1S/C23H22FN3O2S/c24-21-9-5-4-6-18(21)16-30-15-14-25-22(28)17-10-12-20(13-11-17)27-23(29)26-19-7-2-1-3-8-19/h1-13H,14-16H2,(H,25,28)(H2,26,27,29). The molecular formula is C23H22FN3O2S. The summed E-state index contributed by atoms with van der Waals surface area (Å²) in [6, 6.07) is 22.1. The van der Waals surface area contributed by atoms with Gasteiger partial charge in [0.2, 0.25) is 0 Å². The number of hydrogen-bond donors (Lipinski definition) is 3. The lowest BCUT2D eigenvalue weighted by molar-refractivity contribution is 0.0956. The van der Waals surface area contributed by atoms with E-state index in [0.717, 1.165) is 0 Å². The molecule has 0 aromatic heterocycles. The highest BCUT2D eigenvalue weighted by Gasteiger charge is 2.07. The van der Waals surface area contributed by atoms with Crippen molar-refractivity contribution >= 4 is 35.1 Å². The molecule has 0 saturated heterocycles. The summed E-state index contributed by atoms with van der Waals surface area (Å²) >= 11 is 1.56. The monoisotopic (exact) mass is 423 g/mol. The van der Waals surface area contributed by atoms with E-state index in [9.17, 15) is 14.0 Å². The molecule has 0 fully saturated rings. The Morgan fingerprint density at radius 3 is 2.13 bits per heavy atom. The molecule has 3 amide bonds. The van der Waals surface area contributed by atoms with E-state index < -0.39 is 0 Å². The maximum Gasteiger partial charge on any atom is 0.323 e. The zero-order valence-corrected chi connectivity index (χ0v) is 17.0. The molecule has 0 aliphatic rings. The predicted octanol–water partition coefficient (Wildman–Crippen LogP) is 5.13. The number of halogens is 1. The molecule has 3 aromatic carbocycles. The van der Waals surface area contributed by atoms with Crippen molar-refractivity contribution in [3.63, 3.8) is 0 Å². The summed E-state index contributed by atoms with van der Waals surface area (Å²) in [6.07, 6.45) is 0. The number of thioether (sulfide) groups is 1. The normalized spacial score (nSPS) is 10.3. The molecule has 0 saturated carbocycles. The number of anilines is 2. The third-order valence-electron chi connectivity index (χ3n) is 4.18. The molecule has 0 aliphatic carbocycles. The summed E-state index contributed by atoms with van der Waals surface area (Å²) in [5.41, 5.74) is 2.44. The molecule has 0 spiro atoms. The van der Waals surface area contributed by atoms with Gasteiger partial charge in [-0.2, -0.15) is 11.8 Å². The van der Waals surface area contributed by atoms with Crippen LogP contribution in [0.2, 0.25) is 0 Å². The maximum absolute atomic E-state index is 13.6. The van der Waals surface area contributed by atoms with Crippen LogP contribution in [0.15, 0.2) is 78.9 Å². The van der Waals surface area contributed by atoms with Crippen molar-refractivity contribution in [1.82, 2.24) is 5.32 Å². The van der Waals surface area contributed by atoms with Crippen molar-refractivity contribution in [3.8, 4) is 0 Å². The molecule has 154 valence electrons. The smallest absolute Gasteiger partial charge is 0.323 e. The van der Waals surface area contributed by atoms with Gasteiger partial charge in [-0.05, 0) is 48.0 Å². The zero-order valence-electron chi connectivity index (χ0n) is 16.2. The van der Waals surface area contributed by atoms with Crippen molar-refractivity contribution in [2.75, 3.05) is 22.9 Å². The Morgan fingerprint density at radius 2 is 1.43 bits per heavy atom. The van der Waals surface area contributed by atoms with Crippen LogP contribution >= 0.6 is 11.8 Å². The average molecular weight is 424 g/mol. The lowest BCUT2D eigenvalue weighted by atomic mass is 10.2. The molecule has 3 aromatic rings. The first-order valence-corrected chi connectivity index (χ1v) is 10.6. The highest BCUT2D eigenvalue weighted by Crippen LogP contribution is 2.15. The molecule has 0 aliphatic heterocycles. The van der Waals surface area contributed by atoms with Gasteiger partial charge in [0.25, 0.3) is 5.91 Å². The Balaban J connectivity index is 1.39. The lowest BCUT2D eigenvalue weighted by Crippen LogP contribution is -2.25. The number of amides is 3. The first-order chi connectivity index (χ1) is 14.6. The molecular weight excluding hydrogens is 401 g/mol. The van der Waals surface area contributed by atoms with Gasteiger partial charge in [-0.25, -0.2) is 9.18 Å². The third-order valence-corrected chi connectivity index (χ3v) is 5.19. The molecule has 30 heavy (non-hydrogen) atoms. The molecule has 3 rings (SSSR count). The van der Waals surface area contributed by atoms with E-state index >= 15 is 0 Å². The first-order valence-electron chi connectivity index (χ1n) is 9.44. The fourth-order valence-corrected chi connectivity index (χ4v) is 3.50. The van der Waals surface area contributed by atoms with Gasteiger partial charge in [0, 0.05) is 35.0 Å². The second kappa shape index (κ2) is 11.0. The molecule has 0 unspecified atom stereocenters. The largest absolute Gasteiger partial charge is 0.351 e. The molecule has 0 radical (unpaired) electrons. The van der Waals surface area contributed by atoms with Gasteiger partial charge < -0.3 is 16.0 Å². The number of benzene rings is 3. The van der Waals surface area contributed by atoms with Crippen LogP contribution in [0.4, 0.5) is 20.6 Å². The Hall–Kier alpha value is -3.32. The van der Waals surface area contributed by atoms with Gasteiger partial charge in [0.15, 0.2) is 0 Å². The van der Waals surface area contributed by atoms with E-state index in [4.69, 9.17) is 0 Å². The van der Waals surface area contributed by atoms with E-state index in [-0.39, 0.29) is 17.8 Å². The highest BCUT2D eigenvalue weighted by atomic mass is 32.2. The Morgan fingerprint density at radius 1 is 0.800 bits per heavy atom. The van der Waals surface area contributed by atoms with Crippen LogP contribution in [-0.2, 0) is 5.75 Å². The zero-order chi connectivity index (χ0) is 21.2. The van der Waals surface area contributed by atoms with Crippen LogP contribution in [-0.4, -0.2) is 24.2 Å². The van der Waals surface area contributed by atoms with Crippen molar-refractivity contribution in [3.05, 3.63) is 95.8 Å². The van der Waals surface area contributed by atoms with Crippen LogP contribution in [0.5, 0.6) is 0 Å². The van der Waals surface area contributed by atoms with Crippen LogP contribution in [0.1, 0.15) is 15.9 Å². The van der Waals surface area contributed by atoms with Crippen LogP contribution < -0.4 is 16.0 Å². The quantitative estimate of drug-likeness (QED) is 0.440. The van der Waals surface area contributed by atoms with Crippen LogP contribution in [0.25, 0.3) is 0 Å². The van der Waals surface area contributed by atoms with E-state index in [1.165, 1.54) is 6.07 Å². The maximum atomic E-state index is 13.6. The minimum absolute atomic E-state index is 0.193. The fraction of sp³-hybridized carbons (Fsp3) is 0.130. The molecule has 7 heteroatoms. The highest BCUT2D eigenvalue weighted by molar-refractivity contribution is 7.98. The van der Waals surface area contributed by atoms with Gasteiger partial charge in [-0.3, -0.25) is 4.79 Å². The summed E-state index contributed by atoms with van der Waals surface area (Å²) in [5.74, 6) is 0.842. The van der Waals surface area contributed by atoms with E-state index in [0.29, 0.717) is 40.6 Å². The summed E-state index contributed by atoms with van der Waals surface area (Å²) in [5, 5.41) is 8.29. The molecule has 0 heterocycles. The van der Waals surface area contributed by atoms with Crippen LogP contribution in [0, 0.1) is 5.82 Å². The fourth-order valence-electron chi connectivity index (χ4n) is 2.66. The minimum Gasteiger partial charge on any atom is -0.351 e. The lowest BCUT2D eigenvalue weighted by Gasteiger charge is -2.09. The topological polar surface area (TPSA) is 70.2 Å². The SMILES string of the molecule is O=C(Nc1ccccc1)Nc1ccc(C(=O)NCCSCc2ccccc2F)cc1. The minimum atomic E-state index is -0.356. The van der Waals surface area contributed by atoms with Crippen molar-refractivity contribution in [2.45, 2.75) is 5.75 Å². The van der Waals surface area contributed by atoms with E-state index in [1.54, 1.807) is 60.3 Å². The second-order valence-electron chi connectivity index (χ2n) is 6.42. The van der Waals surface area contributed by atoms with E-state index in [1.807, 2.05) is 24.3 Å². The molecule has 0 bridgehead atoms. The predicted molar refractivity (Wildman–Crippen MR) is 120 cm³/mol. The van der Waals surface area contributed by atoms with Gasteiger partial charge in [-0.15, -0.1) is 0 Å². The van der Waals surface area contributed by atoms with Gasteiger partial charge >= 0.3 is 6.03 Å². The number of nitrogens with one attached hydrogen (secondary N) is 3. The number of para-hydroxylation sites is 1. The van der Waals surface area contributed by atoms with Gasteiger partial charge in [-0.1, -0.05) is 36.4 Å². The Bertz CT molecular complexity index is 981. The average Bonchev–Trinajstić information content (AvgIpc) is 2.76. The van der Waals surface area contributed by atoms with E-state index in [2.05, 4.69) is 16.0 Å². The van der Waals surface area contributed by atoms with Crippen molar-refractivity contribution in [1.29, 1.82) is 0 Å². The summed E-state index contributed by atoms with van der Waals surface area (Å²) in [4.78, 5) is 24.2. The van der Waals surface area contributed by atoms with Gasteiger partial charge in [0.1, 0.15) is 5.82 Å². The third kappa shape index (κ3) is 6.63. The molecule has 0 atom stereocenters. The second-order valence-corrected chi connectivity index (χ2v) is 7.53. The molecule has 5 nitrogen and oxygen atoms in total. The number of rotatable bonds is 8. The van der Waals surface area contributed by atoms with Crippen molar-refractivity contribution in [2.24, 2.45) is 0 Å². The first kappa shape index (κ1) is 21.4.